The third-order valence-corrected chi connectivity index (χ3v) is 2.27. The van der Waals surface area contributed by atoms with Crippen LogP contribution < -0.4 is 0 Å². The van der Waals surface area contributed by atoms with Gasteiger partial charge in [0.05, 0.1) is 5.56 Å². The van der Waals surface area contributed by atoms with Gasteiger partial charge in [0.25, 0.3) is 0 Å². The Hall–Kier alpha value is -1.31. The van der Waals surface area contributed by atoms with Crippen molar-refractivity contribution < 1.29 is 9.90 Å². The van der Waals surface area contributed by atoms with E-state index in [9.17, 15) is 9.90 Å². The molecule has 0 fully saturated rings. The molecule has 1 rings (SSSR count). The Morgan fingerprint density at radius 2 is 2.00 bits per heavy atom. The summed E-state index contributed by atoms with van der Waals surface area (Å²) in [4.78, 5) is 10.7. The fraction of sp³-hybridized carbons (Fsp3) is 0.364. The lowest BCUT2D eigenvalue weighted by molar-refractivity contribution is 0.112. The van der Waals surface area contributed by atoms with E-state index in [4.69, 9.17) is 0 Å². The van der Waals surface area contributed by atoms with E-state index in [1.54, 1.807) is 6.07 Å². The van der Waals surface area contributed by atoms with E-state index in [-0.39, 0.29) is 5.75 Å². The van der Waals surface area contributed by atoms with Gasteiger partial charge >= 0.3 is 0 Å². The van der Waals surface area contributed by atoms with Gasteiger partial charge in [-0.1, -0.05) is 19.9 Å². The molecule has 2 nitrogen and oxygen atoms in total. The fourth-order valence-corrected chi connectivity index (χ4v) is 1.51. The average Bonchev–Trinajstić information content (AvgIpc) is 2.04. The van der Waals surface area contributed by atoms with Gasteiger partial charge in [0.15, 0.2) is 6.29 Å². The molecular weight excluding hydrogens is 164 g/mol. The van der Waals surface area contributed by atoms with Gasteiger partial charge in [-0.05, 0) is 30.0 Å². The third-order valence-electron chi connectivity index (χ3n) is 2.27. The lowest BCUT2D eigenvalue weighted by Gasteiger charge is -2.11. The second-order valence-electron chi connectivity index (χ2n) is 3.49. The van der Waals surface area contributed by atoms with Crippen LogP contribution in [0.5, 0.6) is 5.75 Å². The van der Waals surface area contributed by atoms with E-state index in [1.165, 1.54) is 0 Å². The lowest BCUT2D eigenvalue weighted by Crippen LogP contribution is -1.96. The summed E-state index contributed by atoms with van der Waals surface area (Å²) in [7, 11) is 0. The van der Waals surface area contributed by atoms with Gasteiger partial charge in [0.2, 0.25) is 0 Å². The van der Waals surface area contributed by atoms with Crippen molar-refractivity contribution in [1.82, 2.24) is 0 Å². The number of phenols is 1. The van der Waals surface area contributed by atoms with Crippen LogP contribution in [0.1, 0.15) is 41.3 Å². The van der Waals surface area contributed by atoms with Crippen molar-refractivity contribution >= 4 is 6.29 Å². The molecule has 13 heavy (non-hydrogen) atoms. The summed E-state index contributed by atoms with van der Waals surface area (Å²) in [6.45, 7) is 5.99. The molecule has 0 aliphatic rings. The smallest absolute Gasteiger partial charge is 0.154 e. The maximum atomic E-state index is 10.7. The van der Waals surface area contributed by atoms with Crippen LogP contribution >= 0.6 is 0 Å². The van der Waals surface area contributed by atoms with Crippen LogP contribution in [0.15, 0.2) is 12.1 Å². The molecule has 1 N–H and O–H groups in total. The number of hydrogen-bond acceptors (Lipinski definition) is 2. The van der Waals surface area contributed by atoms with Crippen molar-refractivity contribution in [1.29, 1.82) is 0 Å². The molecule has 0 bridgehead atoms. The molecule has 1 aromatic rings. The molecule has 0 saturated heterocycles. The van der Waals surface area contributed by atoms with Crippen LogP contribution in [-0.2, 0) is 0 Å². The summed E-state index contributed by atoms with van der Waals surface area (Å²) in [5, 5.41) is 9.37. The lowest BCUT2D eigenvalue weighted by atomic mass is 9.94. The number of aromatic hydroxyl groups is 1. The predicted octanol–water partition coefficient (Wildman–Crippen LogP) is 2.64. The zero-order valence-electron chi connectivity index (χ0n) is 8.16. The van der Waals surface area contributed by atoms with Crippen LogP contribution in [0.3, 0.4) is 0 Å². The van der Waals surface area contributed by atoms with Gasteiger partial charge in [-0.3, -0.25) is 4.79 Å². The van der Waals surface area contributed by atoms with Gasteiger partial charge < -0.3 is 5.11 Å². The molecule has 2 heteroatoms. The Labute approximate surface area is 78.2 Å². The summed E-state index contributed by atoms with van der Waals surface area (Å²) in [6, 6.07) is 3.44. The molecule has 70 valence electrons. The van der Waals surface area contributed by atoms with Gasteiger partial charge in [0, 0.05) is 0 Å². The highest BCUT2D eigenvalue weighted by molar-refractivity contribution is 5.82. The monoisotopic (exact) mass is 178 g/mol. The second kappa shape index (κ2) is 3.60. The first-order valence-electron chi connectivity index (χ1n) is 4.35. The first kappa shape index (κ1) is 9.78. The van der Waals surface area contributed by atoms with Crippen molar-refractivity contribution in [3.05, 3.63) is 28.8 Å². The Morgan fingerprint density at radius 3 is 2.46 bits per heavy atom. The van der Waals surface area contributed by atoms with Crippen molar-refractivity contribution in [2.45, 2.75) is 26.7 Å². The highest BCUT2D eigenvalue weighted by atomic mass is 16.3. The van der Waals surface area contributed by atoms with E-state index in [2.05, 4.69) is 13.8 Å². The zero-order chi connectivity index (χ0) is 10.0. The largest absolute Gasteiger partial charge is 0.507 e. The Balaban J connectivity index is 3.35. The minimum atomic E-state index is 0.0666. The minimum Gasteiger partial charge on any atom is -0.507 e. The molecule has 0 atom stereocenters. The van der Waals surface area contributed by atoms with Gasteiger partial charge in [-0.15, -0.1) is 0 Å². The summed E-state index contributed by atoms with van der Waals surface area (Å²) >= 11 is 0. The first-order chi connectivity index (χ1) is 6.07. The van der Waals surface area contributed by atoms with Crippen molar-refractivity contribution in [2.24, 2.45) is 0 Å². The van der Waals surface area contributed by atoms with E-state index < -0.39 is 0 Å². The molecule has 0 unspecified atom stereocenters. The normalized spacial score (nSPS) is 10.5. The number of aldehydes is 1. The molecule has 0 saturated carbocycles. The highest BCUT2D eigenvalue weighted by Crippen LogP contribution is 2.26. The van der Waals surface area contributed by atoms with Gasteiger partial charge in [-0.2, -0.15) is 0 Å². The fourth-order valence-electron chi connectivity index (χ4n) is 1.51. The van der Waals surface area contributed by atoms with E-state index in [1.807, 2.05) is 13.0 Å². The summed E-state index contributed by atoms with van der Waals surface area (Å²) in [5.41, 5.74) is 2.40. The molecule has 0 spiro atoms. The molecular formula is C11H14O2. The first-order valence-corrected chi connectivity index (χ1v) is 4.35. The zero-order valence-corrected chi connectivity index (χ0v) is 8.16. The van der Waals surface area contributed by atoms with E-state index in [0.29, 0.717) is 17.8 Å². The Morgan fingerprint density at radius 1 is 1.38 bits per heavy atom. The van der Waals surface area contributed by atoms with Crippen LogP contribution in [0.25, 0.3) is 0 Å². The van der Waals surface area contributed by atoms with Crippen molar-refractivity contribution in [3.63, 3.8) is 0 Å². The number of carbonyl (C=O) groups is 1. The molecule has 0 aliphatic carbocycles. The molecule has 0 radical (unpaired) electrons. The average molecular weight is 178 g/mol. The minimum absolute atomic E-state index is 0.0666. The molecule has 0 aliphatic heterocycles. The number of carbonyl (C=O) groups excluding carboxylic acids is 1. The van der Waals surface area contributed by atoms with Crippen LogP contribution in [0.2, 0.25) is 0 Å². The molecule has 0 aromatic heterocycles. The molecule has 0 amide bonds. The number of benzene rings is 1. The summed E-state index contributed by atoms with van der Waals surface area (Å²) in [6.07, 6.45) is 0.705. The Kier molecular flexibility index (Phi) is 2.71. The van der Waals surface area contributed by atoms with Crippen molar-refractivity contribution in [2.75, 3.05) is 0 Å². The van der Waals surface area contributed by atoms with Crippen LogP contribution in [-0.4, -0.2) is 11.4 Å². The van der Waals surface area contributed by atoms with Crippen LogP contribution in [0.4, 0.5) is 0 Å². The van der Waals surface area contributed by atoms with E-state index >= 15 is 0 Å². The number of phenolic OH excluding ortho intramolecular Hbond substituents is 1. The number of hydrogen-bond donors (Lipinski definition) is 1. The molecule has 0 heterocycles. The standard InChI is InChI=1S/C11H14O2/c1-7(2)9-4-5-11(13)10(6-12)8(9)3/h4-7,13H,1-3H3. The molecule has 1 aromatic carbocycles. The maximum Gasteiger partial charge on any atom is 0.154 e. The maximum absolute atomic E-state index is 10.7. The topological polar surface area (TPSA) is 37.3 Å². The van der Waals surface area contributed by atoms with Gasteiger partial charge in [-0.25, -0.2) is 0 Å². The number of rotatable bonds is 2. The summed E-state index contributed by atoms with van der Waals surface area (Å²) in [5.74, 6) is 0.441. The highest BCUT2D eigenvalue weighted by Gasteiger charge is 2.10. The Bertz CT molecular complexity index is 327. The van der Waals surface area contributed by atoms with Crippen LogP contribution in [0, 0.1) is 6.92 Å². The van der Waals surface area contributed by atoms with Gasteiger partial charge in [0.1, 0.15) is 5.75 Å². The summed E-state index contributed by atoms with van der Waals surface area (Å²) < 4.78 is 0. The van der Waals surface area contributed by atoms with E-state index in [0.717, 1.165) is 11.1 Å². The third kappa shape index (κ3) is 1.72. The van der Waals surface area contributed by atoms with Crippen molar-refractivity contribution in [3.8, 4) is 5.75 Å². The quantitative estimate of drug-likeness (QED) is 0.707. The predicted molar refractivity (Wildman–Crippen MR) is 52.3 cm³/mol. The second-order valence-corrected chi connectivity index (χ2v) is 3.49. The SMILES string of the molecule is Cc1c(C(C)C)ccc(O)c1C=O.